The molecule has 0 aliphatic heterocycles. The normalized spacial score (nSPS) is 17.4. The Balaban J connectivity index is 5.89. The first-order valence-electron chi connectivity index (χ1n) is 7.60. The van der Waals surface area contributed by atoms with Crippen LogP contribution in [0.1, 0.15) is 41.5 Å². The first kappa shape index (κ1) is 20.6. The molecule has 0 rings (SSSR count). The summed E-state index contributed by atoms with van der Waals surface area (Å²) in [7, 11) is -3.52. The van der Waals surface area contributed by atoms with E-state index in [0.29, 0.717) is 4.91 Å². The molecule has 0 spiro atoms. The summed E-state index contributed by atoms with van der Waals surface area (Å²) in [5.41, 5.74) is -0.0950. The van der Waals surface area contributed by atoms with Crippen LogP contribution in [0.4, 0.5) is 0 Å². The van der Waals surface area contributed by atoms with Crippen molar-refractivity contribution in [3.8, 4) is 0 Å². The molecule has 0 fully saturated rings. The zero-order chi connectivity index (χ0) is 17.6. The average molecular weight is 323 g/mol. The first-order chi connectivity index (χ1) is 10.1. The third kappa shape index (κ3) is 4.57. The molecule has 0 aliphatic carbocycles. The Morgan fingerprint density at radius 2 is 1.59 bits per heavy atom. The average Bonchev–Trinajstić information content (AvgIpc) is 2.48. The second-order valence-electron chi connectivity index (χ2n) is 6.10. The predicted octanol–water partition coefficient (Wildman–Crippen LogP) is 5.44. The lowest BCUT2D eigenvalue weighted by molar-refractivity contribution is 0.207. The third-order valence-electron chi connectivity index (χ3n) is 4.55. The lowest BCUT2D eigenvalue weighted by atomic mass is 9.70. The van der Waals surface area contributed by atoms with Crippen molar-refractivity contribution in [3.63, 3.8) is 0 Å². The smallest absolute Gasteiger partial charge is 0.205 e. The van der Waals surface area contributed by atoms with Crippen molar-refractivity contribution >= 4 is 9.84 Å². The Morgan fingerprint density at radius 1 is 1.05 bits per heavy atom. The van der Waals surface area contributed by atoms with Gasteiger partial charge in [0.05, 0.1) is 9.81 Å². The fourth-order valence-electron chi connectivity index (χ4n) is 2.09. The van der Waals surface area contributed by atoms with E-state index in [-0.39, 0.29) is 22.2 Å². The Kier molecular flexibility index (Phi) is 7.82. The maximum absolute atomic E-state index is 12.7. The van der Waals surface area contributed by atoms with Gasteiger partial charge in [-0.05, 0) is 37.2 Å². The molecule has 3 heteroatoms. The summed E-state index contributed by atoms with van der Waals surface area (Å²) < 4.78 is 25.4. The maximum Gasteiger partial charge on any atom is 0.205 e. The largest absolute Gasteiger partial charge is 0.219 e. The summed E-state index contributed by atoms with van der Waals surface area (Å²) in [6, 6.07) is 0. The van der Waals surface area contributed by atoms with Crippen LogP contribution in [0.2, 0.25) is 0 Å². The van der Waals surface area contributed by atoms with E-state index in [9.17, 15) is 8.42 Å². The van der Waals surface area contributed by atoms with Gasteiger partial charge in [-0.2, -0.15) is 0 Å². The van der Waals surface area contributed by atoms with E-state index in [4.69, 9.17) is 0 Å². The molecule has 124 valence electrons. The molecule has 22 heavy (non-hydrogen) atoms. The van der Waals surface area contributed by atoms with Crippen molar-refractivity contribution in [3.05, 3.63) is 59.4 Å². The molecule has 2 atom stereocenters. The van der Waals surface area contributed by atoms with Gasteiger partial charge in [-0.3, -0.25) is 0 Å². The molecule has 0 saturated carbocycles. The molecule has 0 heterocycles. The summed E-state index contributed by atoms with van der Waals surface area (Å²) >= 11 is 0. The molecular weight excluding hydrogens is 292 g/mol. The highest BCUT2D eigenvalue weighted by atomic mass is 32.2. The summed E-state index contributed by atoms with van der Waals surface area (Å²) in [6.07, 6.45) is 10.1. The quantitative estimate of drug-likeness (QED) is 0.441. The summed E-state index contributed by atoms with van der Waals surface area (Å²) in [5.74, 6) is 0.330. The van der Waals surface area contributed by atoms with Gasteiger partial charge >= 0.3 is 0 Å². The highest BCUT2D eigenvalue weighted by molar-refractivity contribution is 7.99. The molecule has 0 aromatic heterocycles. The van der Waals surface area contributed by atoms with Crippen LogP contribution in [-0.4, -0.2) is 8.42 Å². The molecule has 0 aromatic carbocycles. The molecule has 0 saturated heterocycles. The van der Waals surface area contributed by atoms with Crippen LogP contribution in [0.25, 0.3) is 0 Å². The van der Waals surface area contributed by atoms with Crippen molar-refractivity contribution < 1.29 is 8.42 Å². The van der Waals surface area contributed by atoms with Crippen molar-refractivity contribution in [1.29, 1.82) is 0 Å². The van der Waals surface area contributed by atoms with Crippen molar-refractivity contribution in [2.24, 2.45) is 17.3 Å². The van der Waals surface area contributed by atoms with E-state index >= 15 is 0 Å². The van der Waals surface area contributed by atoms with Gasteiger partial charge in [0.25, 0.3) is 0 Å². The monoisotopic (exact) mass is 322 g/mol. The number of sulfone groups is 1. The van der Waals surface area contributed by atoms with Gasteiger partial charge in [0.2, 0.25) is 9.84 Å². The van der Waals surface area contributed by atoms with Gasteiger partial charge in [0, 0.05) is 0 Å². The Labute approximate surface area is 136 Å². The van der Waals surface area contributed by atoms with Gasteiger partial charge in [-0.25, -0.2) is 8.42 Å². The van der Waals surface area contributed by atoms with Crippen molar-refractivity contribution in [2.75, 3.05) is 0 Å². The van der Waals surface area contributed by atoms with E-state index in [1.807, 2.05) is 13.0 Å². The second kappa shape index (κ2) is 8.33. The Hall–Kier alpha value is -1.35. The van der Waals surface area contributed by atoms with E-state index in [2.05, 4.69) is 33.9 Å². The number of hydrogen-bond acceptors (Lipinski definition) is 2. The number of rotatable bonds is 8. The fourth-order valence-corrected chi connectivity index (χ4v) is 3.59. The number of allylic oxidation sites excluding steroid dienone is 6. The standard InChI is InChI=1S/C19H30O2S/c1-9-13-17(11-3)22(20,21)18(12-4)14-16(6)19(7,8)15(5)10-2/h9-16H,2,4H2,1,3,5-8H3/b13-9-,17-11+,18-14+. The SMILES string of the molecule is C=C/C(=C\C(C)C(C)(C)C(C)C=C)S(=O)(=O)C(/C=C\C)=C/C. The van der Waals surface area contributed by atoms with Crippen LogP contribution < -0.4 is 0 Å². The van der Waals surface area contributed by atoms with E-state index < -0.39 is 9.84 Å². The molecule has 0 radical (unpaired) electrons. The molecule has 0 amide bonds. The minimum atomic E-state index is -3.52. The molecule has 2 unspecified atom stereocenters. The van der Waals surface area contributed by atoms with E-state index in [0.717, 1.165) is 0 Å². The van der Waals surface area contributed by atoms with E-state index in [1.54, 1.807) is 38.2 Å². The molecule has 0 N–H and O–H groups in total. The van der Waals surface area contributed by atoms with Crippen LogP contribution in [0.3, 0.4) is 0 Å². The Bertz CT molecular complexity index is 587. The molecule has 0 aromatic rings. The van der Waals surface area contributed by atoms with Crippen LogP contribution in [-0.2, 0) is 9.84 Å². The van der Waals surface area contributed by atoms with Crippen molar-refractivity contribution in [1.82, 2.24) is 0 Å². The molecule has 0 bridgehead atoms. The topological polar surface area (TPSA) is 34.1 Å². The summed E-state index contributed by atoms with van der Waals surface area (Å²) in [6.45, 7) is 19.4. The lowest BCUT2D eigenvalue weighted by Gasteiger charge is -2.35. The fraction of sp³-hybridized carbons (Fsp3) is 0.474. The summed E-state index contributed by atoms with van der Waals surface area (Å²) in [5, 5.41) is 0. The van der Waals surface area contributed by atoms with Crippen LogP contribution in [0, 0.1) is 17.3 Å². The molecule has 2 nitrogen and oxygen atoms in total. The zero-order valence-corrected chi connectivity index (χ0v) is 15.6. The maximum atomic E-state index is 12.7. The van der Waals surface area contributed by atoms with Crippen LogP contribution in [0.15, 0.2) is 59.4 Å². The molecule has 0 aliphatic rings. The lowest BCUT2D eigenvalue weighted by Crippen LogP contribution is -2.27. The van der Waals surface area contributed by atoms with Gasteiger partial charge in [-0.15, -0.1) is 6.58 Å². The Morgan fingerprint density at radius 3 is 1.95 bits per heavy atom. The third-order valence-corrected chi connectivity index (χ3v) is 6.47. The number of hydrogen-bond donors (Lipinski definition) is 0. The molecular formula is C19H30O2S. The van der Waals surface area contributed by atoms with Gasteiger partial charge in [0.1, 0.15) is 0 Å². The van der Waals surface area contributed by atoms with Crippen molar-refractivity contribution in [2.45, 2.75) is 41.5 Å². The highest BCUT2D eigenvalue weighted by Crippen LogP contribution is 2.38. The predicted molar refractivity (Wildman–Crippen MR) is 98.1 cm³/mol. The van der Waals surface area contributed by atoms with Crippen LogP contribution in [0.5, 0.6) is 0 Å². The minimum Gasteiger partial charge on any atom is -0.219 e. The van der Waals surface area contributed by atoms with Gasteiger partial charge in [-0.1, -0.05) is 64.7 Å². The highest BCUT2D eigenvalue weighted by Gasteiger charge is 2.30. The second-order valence-corrected chi connectivity index (χ2v) is 8.05. The van der Waals surface area contributed by atoms with E-state index in [1.165, 1.54) is 6.08 Å². The van der Waals surface area contributed by atoms with Gasteiger partial charge < -0.3 is 0 Å². The first-order valence-corrected chi connectivity index (χ1v) is 9.08. The summed E-state index contributed by atoms with van der Waals surface area (Å²) in [4.78, 5) is 0.554. The van der Waals surface area contributed by atoms with Gasteiger partial charge in [0.15, 0.2) is 0 Å². The minimum absolute atomic E-state index is 0.0620. The zero-order valence-electron chi connectivity index (χ0n) is 14.8. The van der Waals surface area contributed by atoms with Crippen LogP contribution >= 0.6 is 0 Å².